The number of hydrogen-bond donors (Lipinski definition) is 2. The summed E-state index contributed by atoms with van der Waals surface area (Å²) in [7, 11) is 0. The lowest BCUT2D eigenvalue weighted by Crippen LogP contribution is -2.07. The molecule has 3 N–H and O–H groups in total. The van der Waals surface area contributed by atoms with E-state index >= 15 is 0 Å². The van der Waals surface area contributed by atoms with Crippen molar-refractivity contribution in [3.05, 3.63) is 53.6 Å². The predicted octanol–water partition coefficient (Wildman–Crippen LogP) is 2.38. The molecule has 0 atom stereocenters. The molecule has 18 heavy (non-hydrogen) atoms. The van der Waals surface area contributed by atoms with Crippen LogP contribution in [0.25, 0.3) is 11.1 Å². The first-order chi connectivity index (χ1) is 8.80. The van der Waals surface area contributed by atoms with Gasteiger partial charge in [-0.05, 0) is 18.2 Å². The largest absolute Gasteiger partial charge is 0.324 e. The first-order valence-corrected chi connectivity index (χ1v) is 5.30. The van der Waals surface area contributed by atoms with Crippen LogP contribution in [0.5, 0.6) is 0 Å². The fourth-order valence-electron chi connectivity index (χ4n) is 1.79. The van der Waals surface area contributed by atoms with Gasteiger partial charge in [0.05, 0.1) is 29.0 Å². The van der Waals surface area contributed by atoms with E-state index in [1.54, 1.807) is 18.2 Å². The molecule has 0 aliphatic heterocycles. The van der Waals surface area contributed by atoms with Gasteiger partial charge in [0.1, 0.15) is 0 Å². The van der Waals surface area contributed by atoms with Crippen LogP contribution in [0, 0.1) is 22.7 Å². The summed E-state index contributed by atoms with van der Waals surface area (Å²) < 4.78 is 0. The Balaban J connectivity index is 2.65. The van der Waals surface area contributed by atoms with Crippen LogP contribution in [0.2, 0.25) is 0 Å². The number of nitrogens with one attached hydrogen (secondary N) is 1. The number of benzene rings is 2. The van der Waals surface area contributed by atoms with Gasteiger partial charge in [-0.3, -0.25) is 5.84 Å². The molecule has 2 aromatic carbocycles. The molecule has 2 aromatic rings. The summed E-state index contributed by atoms with van der Waals surface area (Å²) in [4.78, 5) is 0. The van der Waals surface area contributed by atoms with E-state index in [-0.39, 0.29) is 0 Å². The average molecular weight is 234 g/mol. The fraction of sp³-hybridized carbons (Fsp3) is 0. The fourth-order valence-corrected chi connectivity index (χ4v) is 1.79. The number of hydrogen-bond acceptors (Lipinski definition) is 4. The molecule has 0 unspecified atom stereocenters. The van der Waals surface area contributed by atoms with Gasteiger partial charge in [-0.1, -0.05) is 24.3 Å². The Bertz CT molecular complexity index is 662. The Morgan fingerprint density at radius 3 is 2.39 bits per heavy atom. The number of anilines is 1. The highest BCUT2D eigenvalue weighted by atomic mass is 15.2. The van der Waals surface area contributed by atoms with E-state index < -0.39 is 0 Å². The Kier molecular flexibility index (Phi) is 3.24. The molecular weight excluding hydrogens is 224 g/mol. The van der Waals surface area contributed by atoms with E-state index in [0.717, 1.165) is 16.8 Å². The molecule has 0 heterocycles. The summed E-state index contributed by atoms with van der Waals surface area (Å²) in [5, 5.41) is 18.0. The molecule has 0 radical (unpaired) electrons. The van der Waals surface area contributed by atoms with Gasteiger partial charge in [0.15, 0.2) is 0 Å². The minimum atomic E-state index is 0.455. The Morgan fingerprint density at radius 1 is 0.944 bits per heavy atom. The van der Waals surface area contributed by atoms with Gasteiger partial charge in [0.2, 0.25) is 0 Å². The molecule has 0 aliphatic carbocycles. The van der Waals surface area contributed by atoms with Crippen LogP contribution in [-0.4, -0.2) is 0 Å². The van der Waals surface area contributed by atoms with Crippen LogP contribution >= 0.6 is 0 Å². The van der Waals surface area contributed by atoms with E-state index in [1.807, 2.05) is 30.3 Å². The lowest BCUT2D eigenvalue weighted by Gasteiger charge is -2.10. The van der Waals surface area contributed by atoms with Crippen LogP contribution in [0.4, 0.5) is 5.69 Å². The summed E-state index contributed by atoms with van der Waals surface area (Å²) in [5.41, 5.74) is 5.84. The third-order valence-corrected chi connectivity index (χ3v) is 2.64. The summed E-state index contributed by atoms with van der Waals surface area (Å²) in [6.45, 7) is 0. The number of nitrogens with zero attached hydrogens (tertiary/aromatic N) is 2. The molecule has 0 saturated heterocycles. The zero-order valence-corrected chi connectivity index (χ0v) is 9.51. The van der Waals surface area contributed by atoms with Crippen LogP contribution in [0.3, 0.4) is 0 Å². The summed E-state index contributed by atoms with van der Waals surface area (Å²) in [6, 6.07) is 16.6. The van der Waals surface area contributed by atoms with Crippen molar-refractivity contribution in [2.24, 2.45) is 5.84 Å². The topological polar surface area (TPSA) is 85.6 Å². The van der Waals surface area contributed by atoms with E-state index in [9.17, 15) is 0 Å². The van der Waals surface area contributed by atoms with Gasteiger partial charge < -0.3 is 5.43 Å². The molecule has 0 spiro atoms. The highest BCUT2D eigenvalue weighted by Gasteiger charge is 2.09. The third kappa shape index (κ3) is 2.01. The SMILES string of the molecule is N#Cc1ccc(-c2ccccc2NN)c(C#N)c1. The molecular formula is C14H10N4. The maximum absolute atomic E-state index is 9.15. The second-order valence-corrected chi connectivity index (χ2v) is 3.67. The summed E-state index contributed by atoms with van der Waals surface area (Å²) >= 11 is 0. The monoisotopic (exact) mass is 234 g/mol. The molecule has 0 aromatic heterocycles. The third-order valence-electron chi connectivity index (χ3n) is 2.64. The molecule has 4 heteroatoms. The van der Waals surface area contributed by atoms with E-state index in [1.165, 1.54) is 0 Å². The Hall–Kier alpha value is -2.82. The summed E-state index contributed by atoms with van der Waals surface area (Å²) in [6.07, 6.45) is 0. The molecule has 4 nitrogen and oxygen atoms in total. The van der Waals surface area contributed by atoms with Crippen LogP contribution < -0.4 is 11.3 Å². The lowest BCUT2D eigenvalue weighted by atomic mass is 9.97. The second kappa shape index (κ2) is 5.01. The van der Waals surface area contributed by atoms with Crippen LogP contribution in [-0.2, 0) is 0 Å². The van der Waals surface area contributed by atoms with E-state index in [2.05, 4.69) is 11.5 Å². The lowest BCUT2D eigenvalue weighted by molar-refractivity contribution is 1.35. The van der Waals surface area contributed by atoms with Crippen molar-refractivity contribution in [2.75, 3.05) is 5.43 Å². The van der Waals surface area contributed by atoms with Crippen LogP contribution in [0.1, 0.15) is 11.1 Å². The van der Waals surface area contributed by atoms with Gasteiger partial charge >= 0.3 is 0 Å². The molecule has 0 bridgehead atoms. The van der Waals surface area contributed by atoms with Crippen molar-refractivity contribution in [1.29, 1.82) is 10.5 Å². The van der Waals surface area contributed by atoms with Gasteiger partial charge in [-0.15, -0.1) is 0 Å². The van der Waals surface area contributed by atoms with Crippen molar-refractivity contribution in [1.82, 2.24) is 0 Å². The predicted molar refractivity (Wildman–Crippen MR) is 69.1 cm³/mol. The molecule has 0 aliphatic rings. The smallest absolute Gasteiger partial charge is 0.0998 e. The van der Waals surface area contributed by atoms with E-state index in [4.69, 9.17) is 16.4 Å². The van der Waals surface area contributed by atoms with Crippen molar-refractivity contribution < 1.29 is 0 Å². The molecule has 0 fully saturated rings. The van der Waals surface area contributed by atoms with Gasteiger partial charge in [-0.2, -0.15) is 10.5 Å². The highest BCUT2D eigenvalue weighted by Crippen LogP contribution is 2.30. The van der Waals surface area contributed by atoms with Gasteiger partial charge in [0.25, 0.3) is 0 Å². The zero-order valence-electron chi connectivity index (χ0n) is 9.51. The number of rotatable bonds is 2. The standard InChI is InChI=1S/C14H10N4/c15-8-10-5-6-12(11(7-10)9-16)13-3-1-2-4-14(13)18-17/h1-7,18H,17H2. The van der Waals surface area contributed by atoms with Crippen molar-refractivity contribution in [3.8, 4) is 23.3 Å². The number of nitrogen functional groups attached to an aromatic ring is 1. The molecule has 0 saturated carbocycles. The number of nitriles is 2. The highest BCUT2D eigenvalue weighted by molar-refractivity contribution is 5.81. The quantitative estimate of drug-likeness (QED) is 0.617. The number of nitrogens with two attached hydrogens (primary N) is 1. The zero-order chi connectivity index (χ0) is 13.0. The van der Waals surface area contributed by atoms with Crippen molar-refractivity contribution >= 4 is 5.69 Å². The minimum absolute atomic E-state index is 0.455. The molecule has 2 rings (SSSR count). The second-order valence-electron chi connectivity index (χ2n) is 3.67. The normalized spacial score (nSPS) is 9.28. The maximum atomic E-state index is 9.15. The first kappa shape index (κ1) is 11.7. The number of para-hydroxylation sites is 1. The van der Waals surface area contributed by atoms with Crippen LogP contribution in [0.15, 0.2) is 42.5 Å². The average Bonchev–Trinajstić information content (AvgIpc) is 2.46. The molecule has 0 amide bonds. The first-order valence-electron chi connectivity index (χ1n) is 5.30. The van der Waals surface area contributed by atoms with E-state index in [0.29, 0.717) is 11.1 Å². The van der Waals surface area contributed by atoms with Gasteiger partial charge in [-0.25, -0.2) is 0 Å². The minimum Gasteiger partial charge on any atom is -0.324 e. The number of hydrazine groups is 1. The summed E-state index contributed by atoms with van der Waals surface area (Å²) in [5.74, 6) is 5.45. The van der Waals surface area contributed by atoms with Crippen molar-refractivity contribution in [2.45, 2.75) is 0 Å². The van der Waals surface area contributed by atoms with Gasteiger partial charge in [0, 0.05) is 11.1 Å². The maximum Gasteiger partial charge on any atom is 0.0998 e. The Labute approximate surface area is 105 Å². The molecule has 86 valence electrons. The van der Waals surface area contributed by atoms with Crippen molar-refractivity contribution in [3.63, 3.8) is 0 Å². The Morgan fingerprint density at radius 2 is 1.72 bits per heavy atom.